The highest BCUT2D eigenvalue weighted by molar-refractivity contribution is 5.93. The maximum absolute atomic E-state index is 13.3. The van der Waals surface area contributed by atoms with E-state index >= 15 is 0 Å². The van der Waals surface area contributed by atoms with Crippen molar-refractivity contribution in [2.24, 2.45) is 7.05 Å². The number of hydrogen-bond donors (Lipinski definition) is 0. The first kappa shape index (κ1) is 20.1. The quantitative estimate of drug-likeness (QED) is 0.753. The number of aromatic nitrogens is 3. The Hall–Kier alpha value is -2.23. The lowest BCUT2D eigenvalue weighted by atomic mass is 9.99. The molecule has 0 N–H and O–H groups in total. The maximum Gasteiger partial charge on any atom is 0.276 e. The monoisotopic (exact) mass is 402 g/mol. The molecule has 2 saturated heterocycles. The summed E-state index contributed by atoms with van der Waals surface area (Å²) in [5, 5.41) is 4.34. The van der Waals surface area contributed by atoms with Gasteiger partial charge in [0.1, 0.15) is 5.76 Å². The molecule has 0 bridgehead atoms. The van der Waals surface area contributed by atoms with Crippen LogP contribution in [0.5, 0.6) is 0 Å². The van der Waals surface area contributed by atoms with Crippen LogP contribution in [0.4, 0.5) is 0 Å². The van der Waals surface area contributed by atoms with Gasteiger partial charge in [0.2, 0.25) is 0 Å². The van der Waals surface area contributed by atoms with Crippen LogP contribution in [0.3, 0.4) is 0 Å². The van der Waals surface area contributed by atoms with Gasteiger partial charge in [-0.3, -0.25) is 14.4 Å². The van der Waals surface area contributed by atoms with Gasteiger partial charge in [-0.1, -0.05) is 0 Å². The molecule has 0 aromatic carbocycles. The van der Waals surface area contributed by atoms with Crippen molar-refractivity contribution in [1.29, 1.82) is 0 Å². The predicted molar refractivity (Wildman–Crippen MR) is 107 cm³/mol. The Morgan fingerprint density at radius 1 is 1.21 bits per heavy atom. The molecular formula is C20H30N6O3. The Bertz CT molecular complexity index is 834. The summed E-state index contributed by atoms with van der Waals surface area (Å²) in [6, 6.07) is -0.206. The lowest BCUT2D eigenvalue weighted by Gasteiger charge is -2.42. The average molecular weight is 402 g/mol. The van der Waals surface area contributed by atoms with E-state index in [2.05, 4.69) is 26.9 Å². The van der Waals surface area contributed by atoms with Crippen LogP contribution < -0.4 is 0 Å². The first-order valence-corrected chi connectivity index (χ1v) is 10.2. The molecule has 29 heavy (non-hydrogen) atoms. The van der Waals surface area contributed by atoms with Gasteiger partial charge in [0.15, 0.2) is 12.1 Å². The van der Waals surface area contributed by atoms with Crippen molar-refractivity contribution in [2.45, 2.75) is 25.5 Å². The second-order valence-corrected chi connectivity index (χ2v) is 8.01. The fourth-order valence-electron chi connectivity index (χ4n) is 4.28. The zero-order chi connectivity index (χ0) is 20.4. The smallest absolute Gasteiger partial charge is 0.276 e. The number of carbonyl (C=O) groups is 1. The molecule has 2 aromatic rings. The van der Waals surface area contributed by atoms with E-state index in [1.54, 1.807) is 11.6 Å². The Kier molecular flexibility index (Phi) is 5.98. The molecule has 0 saturated carbocycles. The standard InChI is InChI=1S/C20H30N6O3/c1-15-18(21-14-29-15)20(27)26-9-10-28-17(19(26)16-11-22-24(3)12-16)13-25-6-4-5-23(2)7-8-25/h11-12,14,17,19H,4-10,13H2,1-3H3/t17-,19-/m0/s1. The Morgan fingerprint density at radius 2 is 2.07 bits per heavy atom. The van der Waals surface area contributed by atoms with Gasteiger partial charge in [-0.2, -0.15) is 5.10 Å². The Morgan fingerprint density at radius 3 is 2.79 bits per heavy atom. The minimum Gasteiger partial charge on any atom is -0.448 e. The summed E-state index contributed by atoms with van der Waals surface area (Å²) in [5.41, 5.74) is 1.36. The Labute approximate surface area is 171 Å². The van der Waals surface area contributed by atoms with Crippen molar-refractivity contribution in [1.82, 2.24) is 29.5 Å². The molecule has 9 nitrogen and oxygen atoms in total. The zero-order valence-electron chi connectivity index (χ0n) is 17.5. The van der Waals surface area contributed by atoms with Crippen molar-refractivity contribution in [3.63, 3.8) is 0 Å². The number of hydrogen-bond acceptors (Lipinski definition) is 7. The number of nitrogens with zero attached hydrogens (tertiary/aromatic N) is 6. The molecule has 4 heterocycles. The maximum atomic E-state index is 13.3. The summed E-state index contributed by atoms with van der Waals surface area (Å²) in [6.45, 7) is 7.80. The van der Waals surface area contributed by atoms with Crippen molar-refractivity contribution in [3.05, 3.63) is 35.8 Å². The normalized spacial score (nSPS) is 24.6. The van der Waals surface area contributed by atoms with E-state index in [-0.39, 0.29) is 18.1 Å². The summed E-state index contributed by atoms with van der Waals surface area (Å²) < 4.78 is 13.3. The Balaban J connectivity index is 1.59. The number of amides is 1. The number of aryl methyl sites for hydroxylation is 2. The van der Waals surface area contributed by atoms with Gasteiger partial charge in [0.05, 0.1) is 24.9 Å². The van der Waals surface area contributed by atoms with Gasteiger partial charge >= 0.3 is 0 Å². The van der Waals surface area contributed by atoms with Gasteiger partial charge in [0, 0.05) is 45.0 Å². The number of morpholine rings is 1. The SMILES string of the molecule is Cc1ocnc1C(=O)N1CCO[C@@H](CN2CCCN(C)CC2)[C@@H]1c1cnn(C)c1. The number of ether oxygens (including phenoxy) is 1. The molecule has 1 amide bonds. The third-order valence-electron chi connectivity index (χ3n) is 5.88. The molecule has 2 atom stereocenters. The van der Waals surface area contributed by atoms with Crippen LogP contribution in [0.15, 0.2) is 23.2 Å². The van der Waals surface area contributed by atoms with Gasteiger partial charge in [-0.05, 0) is 33.5 Å². The van der Waals surface area contributed by atoms with Crippen LogP contribution in [-0.2, 0) is 11.8 Å². The van der Waals surface area contributed by atoms with E-state index in [1.165, 1.54) is 6.39 Å². The first-order valence-electron chi connectivity index (χ1n) is 10.2. The van der Waals surface area contributed by atoms with Gasteiger partial charge in [-0.15, -0.1) is 0 Å². The van der Waals surface area contributed by atoms with E-state index in [0.29, 0.717) is 24.6 Å². The second kappa shape index (κ2) is 8.64. The average Bonchev–Trinajstić information content (AvgIpc) is 3.27. The van der Waals surface area contributed by atoms with Crippen LogP contribution in [0.2, 0.25) is 0 Å². The lowest BCUT2D eigenvalue weighted by molar-refractivity contribution is -0.0725. The molecule has 2 aromatic heterocycles. The summed E-state index contributed by atoms with van der Waals surface area (Å²) in [4.78, 5) is 24.1. The molecule has 4 rings (SSSR count). The van der Waals surface area contributed by atoms with Crippen molar-refractivity contribution < 1.29 is 13.9 Å². The third-order valence-corrected chi connectivity index (χ3v) is 5.88. The number of carbonyl (C=O) groups excluding carboxylic acids is 1. The van der Waals surface area contributed by atoms with Crippen LogP contribution >= 0.6 is 0 Å². The van der Waals surface area contributed by atoms with E-state index in [0.717, 1.165) is 44.7 Å². The summed E-state index contributed by atoms with van der Waals surface area (Å²) in [7, 11) is 4.06. The van der Waals surface area contributed by atoms with Gasteiger partial charge in [0.25, 0.3) is 5.91 Å². The first-order chi connectivity index (χ1) is 14.0. The molecule has 158 valence electrons. The summed E-state index contributed by atoms with van der Waals surface area (Å²) in [5.74, 6) is 0.424. The molecular weight excluding hydrogens is 372 g/mol. The van der Waals surface area contributed by atoms with Crippen molar-refractivity contribution in [2.75, 3.05) is 52.9 Å². The van der Waals surface area contributed by atoms with E-state index < -0.39 is 0 Å². The predicted octanol–water partition coefficient (Wildman–Crippen LogP) is 0.936. The molecule has 9 heteroatoms. The van der Waals surface area contributed by atoms with Gasteiger partial charge < -0.3 is 19.0 Å². The minimum atomic E-state index is -0.206. The molecule has 2 aliphatic heterocycles. The fourth-order valence-corrected chi connectivity index (χ4v) is 4.28. The summed E-state index contributed by atoms with van der Waals surface area (Å²) in [6.07, 6.45) is 6.15. The molecule has 0 radical (unpaired) electrons. The molecule has 2 fully saturated rings. The molecule has 0 aliphatic carbocycles. The van der Waals surface area contributed by atoms with E-state index in [9.17, 15) is 4.79 Å². The van der Waals surface area contributed by atoms with Crippen molar-refractivity contribution in [3.8, 4) is 0 Å². The van der Waals surface area contributed by atoms with Crippen LogP contribution in [0.25, 0.3) is 0 Å². The number of oxazole rings is 1. The minimum absolute atomic E-state index is 0.117. The van der Waals surface area contributed by atoms with E-state index in [4.69, 9.17) is 9.15 Å². The van der Waals surface area contributed by atoms with Crippen molar-refractivity contribution >= 4 is 5.91 Å². The van der Waals surface area contributed by atoms with Crippen LogP contribution in [0.1, 0.15) is 34.3 Å². The largest absolute Gasteiger partial charge is 0.448 e. The topological polar surface area (TPSA) is 79.9 Å². The molecule has 2 aliphatic rings. The highest BCUT2D eigenvalue weighted by Gasteiger charge is 2.39. The number of rotatable bonds is 4. The van der Waals surface area contributed by atoms with Crippen LogP contribution in [-0.4, -0.2) is 94.4 Å². The highest BCUT2D eigenvalue weighted by atomic mass is 16.5. The lowest BCUT2D eigenvalue weighted by Crippen LogP contribution is -2.52. The third kappa shape index (κ3) is 4.36. The fraction of sp³-hybridized carbons (Fsp3) is 0.650. The molecule has 0 spiro atoms. The van der Waals surface area contributed by atoms with E-state index in [1.807, 2.05) is 24.3 Å². The highest BCUT2D eigenvalue weighted by Crippen LogP contribution is 2.31. The van der Waals surface area contributed by atoms with Crippen LogP contribution in [0, 0.1) is 6.92 Å². The molecule has 0 unspecified atom stereocenters. The number of likely N-dealkylation sites (N-methyl/N-ethyl adjacent to an activating group) is 1. The zero-order valence-corrected chi connectivity index (χ0v) is 17.5. The second-order valence-electron chi connectivity index (χ2n) is 8.01. The summed E-state index contributed by atoms with van der Waals surface area (Å²) >= 11 is 0. The van der Waals surface area contributed by atoms with Gasteiger partial charge in [-0.25, -0.2) is 4.98 Å².